The second kappa shape index (κ2) is 6.24. The van der Waals surface area contributed by atoms with Gasteiger partial charge in [-0.2, -0.15) is 0 Å². The Bertz CT molecular complexity index is 503. The fraction of sp³-hybridized carbons (Fsp3) is 0.500. The zero-order valence-corrected chi connectivity index (χ0v) is 11.2. The van der Waals surface area contributed by atoms with Crippen molar-refractivity contribution in [3.05, 3.63) is 35.4 Å². The largest absolute Gasteiger partial charge is 0.313 e. The fourth-order valence-electron chi connectivity index (χ4n) is 1.69. The van der Waals surface area contributed by atoms with Crippen LogP contribution in [0, 0.1) is 11.6 Å². The lowest BCUT2D eigenvalue weighted by Crippen LogP contribution is -2.34. The molecule has 1 rings (SSSR count). The van der Waals surface area contributed by atoms with E-state index in [2.05, 4.69) is 5.32 Å². The Morgan fingerprint density at radius 3 is 2.56 bits per heavy atom. The Kier molecular flexibility index (Phi) is 5.22. The van der Waals surface area contributed by atoms with Crippen molar-refractivity contribution < 1.29 is 17.2 Å². The number of benzene rings is 1. The molecule has 0 aliphatic carbocycles. The molecule has 0 radical (unpaired) electrons. The Hall–Kier alpha value is -1.01. The highest BCUT2D eigenvalue weighted by atomic mass is 32.2. The van der Waals surface area contributed by atoms with Crippen LogP contribution in [-0.2, 0) is 16.3 Å². The molecular weight excluding hydrogens is 260 g/mol. The first kappa shape index (κ1) is 15.0. The number of sulfone groups is 1. The molecule has 3 nitrogen and oxygen atoms in total. The third-order valence-corrected chi connectivity index (χ3v) is 3.56. The highest BCUT2D eigenvalue weighted by Crippen LogP contribution is 2.09. The zero-order valence-electron chi connectivity index (χ0n) is 10.4. The lowest BCUT2D eigenvalue weighted by Gasteiger charge is -2.12. The van der Waals surface area contributed by atoms with Crippen LogP contribution in [0.3, 0.4) is 0 Å². The Morgan fingerprint density at radius 1 is 1.33 bits per heavy atom. The van der Waals surface area contributed by atoms with Crippen LogP contribution in [0.15, 0.2) is 18.2 Å². The summed E-state index contributed by atoms with van der Waals surface area (Å²) in [7, 11) is -3.02. The molecule has 0 aliphatic heterocycles. The van der Waals surface area contributed by atoms with E-state index in [1.165, 1.54) is 18.4 Å². The SMILES string of the molecule is CC(CS(C)(=O)=O)NCCc1ccc(F)cc1F. The van der Waals surface area contributed by atoms with Gasteiger partial charge < -0.3 is 5.32 Å². The van der Waals surface area contributed by atoms with Gasteiger partial charge in [-0.25, -0.2) is 17.2 Å². The van der Waals surface area contributed by atoms with Crippen LogP contribution in [-0.4, -0.2) is 33.0 Å². The maximum absolute atomic E-state index is 13.3. The number of rotatable bonds is 6. The number of hydrogen-bond donors (Lipinski definition) is 1. The summed E-state index contributed by atoms with van der Waals surface area (Å²) >= 11 is 0. The van der Waals surface area contributed by atoms with Crippen LogP contribution < -0.4 is 5.32 Å². The summed E-state index contributed by atoms with van der Waals surface area (Å²) < 4.78 is 48.0. The number of halogens is 2. The lowest BCUT2D eigenvalue weighted by molar-refractivity contribution is 0.545. The lowest BCUT2D eigenvalue weighted by atomic mass is 10.1. The van der Waals surface area contributed by atoms with Crippen molar-refractivity contribution in [1.82, 2.24) is 5.32 Å². The smallest absolute Gasteiger partial charge is 0.148 e. The van der Waals surface area contributed by atoms with Gasteiger partial charge in [0.2, 0.25) is 0 Å². The topological polar surface area (TPSA) is 46.2 Å². The summed E-state index contributed by atoms with van der Waals surface area (Å²) in [5.74, 6) is -1.14. The van der Waals surface area contributed by atoms with E-state index in [1.54, 1.807) is 6.92 Å². The van der Waals surface area contributed by atoms with E-state index in [0.29, 0.717) is 18.5 Å². The second-order valence-corrected chi connectivity index (χ2v) is 6.62. The normalized spacial score (nSPS) is 13.6. The second-order valence-electron chi connectivity index (χ2n) is 4.43. The van der Waals surface area contributed by atoms with Gasteiger partial charge in [0.1, 0.15) is 21.5 Å². The summed E-state index contributed by atoms with van der Waals surface area (Å²) in [6, 6.07) is 3.25. The highest BCUT2D eigenvalue weighted by molar-refractivity contribution is 7.90. The average molecular weight is 277 g/mol. The summed E-state index contributed by atoms with van der Waals surface area (Å²) in [4.78, 5) is 0. The van der Waals surface area contributed by atoms with Crippen LogP contribution in [0.25, 0.3) is 0 Å². The Morgan fingerprint density at radius 2 is 2.00 bits per heavy atom. The maximum Gasteiger partial charge on any atom is 0.148 e. The summed E-state index contributed by atoms with van der Waals surface area (Å²) in [6.07, 6.45) is 1.56. The molecule has 0 spiro atoms. The molecule has 0 aliphatic rings. The first-order chi connectivity index (χ1) is 8.28. The minimum absolute atomic E-state index is 0.0406. The first-order valence-corrected chi connectivity index (χ1v) is 7.69. The van der Waals surface area contributed by atoms with Crippen molar-refractivity contribution in [3.63, 3.8) is 0 Å². The van der Waals surface area contributed by atoms with E-state index in [4.69, 9.17) is 0 Å². The van der Waals surface area contributed by atoms with Crippen LogP contribution in [0.4, 0.5) is 8.78 Å². The van der Waals surface area contributed by atoms with Crippen LogP contribution in [0.5, 0.6) is 0 Å². The van der Waals surface area contributed by atoms with E-state index in [1.807, 2.05) is 0 Å². The quantitative estimate of drug-likeness (QED) is 0.857. The molecule has 18 heavy (non-hydrogen) atoms. The van der Waals surface area contributed by atoms with Gasteiger partial charge in [-0.05, 0) is 31.5 Å². The molecule has 0 fully saturated rings. The van der Waals surface area contributed by atoms with E-state index < -0.39 is 21.5 Å². The van der Waals surface area contributed by atoms with Gasteiger partial charge in [-0.15, -0.1) is 0 Å². The van der Waals surface area contributed by atoms with E-state index in [9.17, 15) is 17.2 Å². The zero-order chi connectivity index (χ0) is 13.8. The molecule has 102 valence electrons. The Balaban J connectivity index is 2.42. The molecule has 1 aromatic rings. The predicted octanol–water partition coefficient (Wildman–Crippen LogP) is 1.53. The average Bonchev–Trinajstić information content (AvgIpc) is 2.18. The molecule has 0 amide bonds. The highest BCUT2D eigenvalue weighted by Gasteiger charge is 2.10. The standard InChI is InChI=1S/C12H17F2NO2S/c1-9(8-18(2,16)17)15-6-5-10-3-4-11(13)7-12(10)14/h3-4,7,9,15H,5-6,8H2,1-2H3. The fourth-order valence-corrected chi connectivity index (χ4v) is 2.72. The molecule has 1 unspecified atom stereocenters. The molecule has 0 aromatic heterocycles. The van der Waals surface area contributed by atoms with Crippen LogP contribution in [0.2, 0.25) is 0 Å². The van der Waals surface area contributed by atoms with Gasteiger partial charge >= 0.3 is 0 Å². The van der Waals surface area contributed by atoms with Gasteiger partial charge in [0.25, 0.3) is 0 Å². The van der Waals surface area contributed by atoms with Crippen LogP contribution in [0.1, 0.15) is 12.5 Å². The van der Waals surface area contributed by atoms with Gasteiger partial charge in [-0.3, -0.25) is 0 Å². The Labute approximate surface area is 106 Å². The molecule has 0 bridgehead atoms. The van der Waals surface area contributed by atoms with Crippen molar-refractivity contribution in [2.24, 2.45) is 0 Å². The third-order valence-electron chi connectivity index (χ3n) is 2.45. The minimum atomic E-state index is -3.02. The molecule has 0 heterocycles. The van der Waals surface area contributed by atoms with Crippen molar-refractivity contribution in [2.45, 2.75) is 19.4 Å². The van der Waals surface area contributed by atoms with E-state index in [0.717, 1.165) is 6.07 Å². The molecule has 6 heteroatoms. The molecule has 1 aromatic carbocycles. The molecular formula is C12H17F2NO2S. The predicted molar refractivity (Wildman–Crippen MR) is 67.2 cm³/mol. The van der Waals surface area contributed by atoms with Crippen molar-refractivity contribution in [2.75, 3.05) is 18.6 Å². The van der Waals surface area contributed by atoms with Gasteiger partial charge in [0.15, 0.2) is 0 Å². The maximum atomic E-state index is 13.3. The summed E-state index contributed by atoms with van der Waals surface area (Å²) in [6.45, 7) is 2.20. The van der Waals surface area contributed by atoms with E-state index >= 15 is 0 Å². The van der Waals surface area contributed by atoms with E-state index in [-0.39, 0.29) is 11.8 Å². The number of hydrogen-bond acceptors (Lipinski definition) is 3. The van der Waals surface area contributed by atoms with Crippen molar-refractivity contribution >= 4 is 9.84 Å². The monoisotopic (exact) mass is 277 g/mol. The molecule has 1 N–H and O–H groups in total. The van der Waals surface area contributed by atoms with Gasteiger partial charge in [0.05, 0.1) is 5.75 Å². The van der Waals surface area contributed by atoms with Gasteiger partial charge in [0, 0.05) is 18.4 Å². The summed E-state index contributed by atoms with van der Waals surface area (Å²) in [5, 5.41) is 2.99. The summed E-state index contributed by atoms with van der Waals surface area (Å²) in [5.41, 5.74) is 0.412. The minimum Gasteiger partial charge on any atom is -0.313 e. The van der Waals surface area contributed by atoms with Crippen LogP contribution >= 0.6 is 0 Å². The first-order valence-electron chi connectivity index (χ1n) is 5.63. The molecule has 1 atom stereocenters. The van der Waals surface area contributed by atoms with Crippen molar-refractivity contribution in [1.29, 1.82) is 0 Å². The van der Waals surface area contributed by atoms with Gasteiger partial charge in [-0.1, -0.05) is 6.07 Å². The molecule has 0 saturated heterocycles. The number of nitrogens with one attached hydrogen (secondary N) is 1. The third kappa shape index (κ3) is 5.55. The molecule has 0 saturated carbocycles. The van der Waals surface area contributed by atoms with Crippen molar-refractivity contribution in [3.8, 4) is 0 Å².